The number of aryl methyl sites for hydroxylation is 2. The standard InChI is InChI=1S/C15H13N3O2/c1-10-6-7-14-13(8-10)16-15(17(14)2)11-4-3-5-12(9-11)18(19)20/h3-9H,1-2H3. The van der Waals surface area contributed by atoms with Gasteiger partial charge in [0.1, 0.15) is 5.82 Å². The lowest BCUT2D eigenvalue weighted by atomic mass is 10.2. The number of aromatic nitrogens is 2. The summed E-state index contributed by atoms with van der Waals surface area (Å²) in [6, 6.07) is 12.6. The second-order valence-electron chi connectivity index (χ2n) is 4.79. The Morgan fingerprint density at radius 3 is 2.75 bits per heavy atom. The number of benzene rings is 2. The molecule has 0 N–H and O–H groups in total. The van der Waals surface area contributed by atoms with Gasteiger partial charge in [-0.25, -0.2) is 4.98 Å². The van der Waals surface area contributed by atoms with Gasteiger partial charge in [-0.1, -0.05) is 18.2 Å². The SMILES string of the molecule is Cc1ccc2c(c1)nc(-c1cccc([N+](=O)[O-])c1)n2C. The zero-order chi connectivity index (χ0) is 14.3. The van der Waals surface area contributed by atoms with Crippen molar-refractivity contribution in [2.75, 3.05) is 0 Å². The van der Waals surface area contributed by atoms with Crippen LogP contribution in [0.1, 0.15) is 5.56 Å². The van der Waals surface area contributed by atoms with Gasteiger partial charge in [0.2, 0.25) is 0 Å². The summed E-state index contributed by atoms with van der Waals surface area (Å²) in [4.78, 5) is 15.1. The van der Waals surface area contributed by atoms with Crippen molar-refractivity contribution in [3.8, 4) is 11.4 Å². The van der Waals surface area contributed by atoms with E-state index < -0.39 is 4.92 Å². The molecule has 0 spiro atoms. The smallest absolute Gasteiger partial charge is 0.270 e. The molecule has 3 rings (SSSR count). The molecule has 20 heavy (non-hydrogen) atoms. The molecule has 0 fully saturated rings. The van der Waals surface area contributed by atoms with Gasteiger partial charge >= 0.3 is 0 Å². The number of nitrogens with zero attached hydrogens (tertiary/aromatic N) is 3. The summed E-state index contributed by atoms with van der Waals surface area (Å²) in [6.45, 7) is 2.02. The third kappa shape index (κ3) is 1.93. The molecule has 0 atom stereocenters. The third-order valence-electron chi connectivity index (χ3n) is 3.35. The second-order valence-corrected chi connectivity index (χ2v) is 4.79. The Labute approximate surface area is 115 Å². The fraction of sp³-hybridized carbons (Fsp3) is 0.133. The van der Waals surface area contributed by atoms with Crippen LogP contribution in [0.2, 0.25) is 0 Å². The van der Waals surface area contributed by atoms with Crippen molar-refractivity contribution in [1.82, 2.24) is 9.55 Å². The average Bonchev–Trinajstić information content (AvgIpc) is 2.75. The molecule has 0 saturated carbocycles. The molecule has 2 aromatic carbocycles. The number of nitro benzene ring substituents is 1. The number of nitro groups is 1. The molecule has 1 heterocycles. The lowest BCUT2D eigenvalue weighted by Crippen LogP contribution is -1.94. The summed E-state index contributed by atoms with van der Waals surface area (Å²) in [6.07, 6.45) is 0. The number of hydrogen-bond donors (Lipinski definition) is 0. The molecule has 100 valence electrons. The summed E-state index contributed by atoms with van der Waals surface area (Å²) in [7, 11) is 1.92. The summed E-state index contributed by atoms with van der Waals surface area (Å²) in [5, 5.41) is 10.9. The van der Waals surface area contributed by atoms with Crippen LogP contribution in [0, 0.1) is 17.0 Å². The van der Waals surface area contributed by atoms with Crippen LogP contribution in [0.5, 0.6) is 0 Å². The van der Waals surface area contributed by atoms with Crippen molar-refractivity contribution >= 4 is 16.7 Å². The van der Waals surface area contributed by atoms with Gasteiger partial charge in [-0.2, -0.15) is 0 Å². The number of hydrogen-bond acceptors (Lipinski definition) is 3. The molecule has 0 unspecified atom stereocenters. The van der Waals surface area contributed by atoms with E-state index in [-0.39, 0.29) is 5.69 Å². The molecule has 0 aliphatic rings. The van der Waals surface area contributed by atoms with Gasteiger partial charge in [0.05, 0.1) is 16.0 Å². The molecule has 0 saturated heterocycles. The van der Waals surface area contributed by atoms with E-state index in [0.29, 0.717) is 0 Å². The largest absolute Gasteiger partial charge is 0.327 e. The first-order valence-corrected chi connectivity index (χ1v) is 6.24. The Bertz CT molecular complexity index is 821. The molecule has 0 radical (unpaired) electrons. The average molecular weight is 267 g/mol. The van der Waals surface area contributed by atoms with Gasteiger partial charge in [-0.05, 0) is 24.6 Å². The van der Waals surface area contributed by atoms with Gasteiger partial charge in [0.25, 0.3) is 5.69 Å². The minimum absolute atomic E-state index is 0.0748. The van der Waals surface area contributed by atoms with Crippen molar-refractivity contribution in [2.45, 2.75) is 6.92 Å². The van der Waals surface area contributed by atoms with Crippen molar-refractivity contribution in [2.24, 2.45) is 7.05 Å². The van der Waals surface area contributed by atoms with E-state index >= 15 is 0 Å². The predicted molar refractivity (Wildman–Crippen MR) is 77.5 cm³/mol. The zero-order valence-electron chi connectivity index (χ0n) is 11.2. The zero-order valence-corrected chi connectivity index (χ0v) is 11.2. The van der Waals surface area contributed by atoms with E-state index in [1.807, 2.05) is 42.8 Å². The Kier molecular flexibility index (Phi) is 2.75. The lowest BCUT2D eigenvalue weighted by molar-refractivity contribution is -0.384. The van der Waals surface area contributed by atoms with Gasteiger partial charge < -0.3 is 4.57 Å². The lowest BCUT2D eigenvalue weighted by Gasteiger charge is -2.02. The van der Waals surface area contributed by atoms with E-state index in [9.17, 15) is 10.1 Å². The highest BCUT2D eigenvalue weighted by atomic mass is 16.6. The molecule has 1 aromatic heterocycles. The van der Waals surface area contributed by atoms with E-state index in [1.54, 1.807) is 12.1 Å². The molecule has 0 aliphatic heterocycles. The van der Waals surface area contributed by atoms with Gasteiger partial charge in [-0.15, -0.1) is 0 Å². The maximum Gasteiger partial charge on any atom is 0.270 e. The Balaban J connectivity index is 2.21. The Hall–Kier alpha value is -2.69. The highest BCUT2D eigenvalue weighted by molar-refractivity contribution is 5.81. The summed E-state index contributed by atoms with van der Waals surface area (Å²) in [5.74, 6) is 0.731. The van der Waals surface area contributed by atoms with E-state index in [2.05, 4.69) is 4.98 Å². The maximum atomic E-state index is 10.9. The molecule has 0 amide bonds. The van der Waals surface area contributed by atoms with Crippen LogP contribution in [0.3, 0.4) is 0 Å². The molecular formula is C15H13N3O2. The number of rotatable bonds is 2. The van der Waals surface area contributed by atoms with Crippen LogP contribution < -0.4 is 0 Å². The Morgan fingerprint density at radius 1 is 1.20 bits per heavy atom. The molecule has 0 bridgehead atoms. The van der Waals surface area contributed by atoms with Crippen LogP contribution in [-0.2, 0) is 7.05 Å². The van der Waals surface area contributed by atoms with E-state index in [4.69, 9.17) is 0 Å². The van der Waals surface area contributed by atoms with Crippen molar-refractivity contribution in [3.63, 3.8) is 0 Å². The van der Waals surface area contributed by atoms with Gasteiger partial charge in [0.15, 0.2) is 0 Å². The number of non-ortho nitro benzene ring substituents is 1. The predicted octanol–water partition coefficient (Wildman–Crippen LogP) is 3.46. The minimum atomic E-state index is -0.393. The maximum absolute atomic E-state index is 10.9. The fourth-order valence-corrected chi connectivity index (χ4v) is 2.33. The van der Waals surface area contributed by atoms with Crippen molar-refractivity contribution in [3.05, 3.63) is 58.1 Å². The number of fused-ring (bicyclic) bond motifs is 1. The molecule has 0 aliphatic carbocycles. The molecule has 3 aromatic rings. The quantitative estimate of drug-likeness (QED) is 0.527. The summed E-state index contributed by atoms with van der Waals surface area (Å²) >= 11 is 0. The van der Waals surface area contributed by atoms with Gasteiger partial charge in [0, 0.05) is 24.7 Å². The van der Waals surface area contributed by atoms with E-state index in [1.165, 1.54) is 6.07 Å². The Morgan fingerprint density at radius 2 is 2.00 bits per heavy atom. The van der Waals surface area contributed by atoms with Gasteiger partial charge in [-0.3, -0.25) is 10.1 Å². The third-order valence-corrected chi connectivity index (χ3v) is 3.35. The highest BCUT2D eigenvalue weighted by Gasteiger charge is 2.13. The van der Waals surface area contributed by atoms with Crippen LogP contribution in [-0.4, -0.2) is 14.5 Å². The molecule has 5 heteroatoms. The van der Waals surface area contributed by atoms with Crippen molar-refractivity contribution < 1.29 is 4.92 Å². The number of imidazole rings is 1. The van der Waals surface area contributed by atoms with Crippen molar-refractivity contribution in [1.29, 1.82) is 0 Å². The van der Waals surface area contributed by atoms with Crippen LogP contribution in [0.4, 0.5) is 5.69 Å². The monoisotopic (exact) mass is 267 g/mol. The first-order valence-electron chi connectivity index (χ1n) is 6.24. The highest BCUT2D eigenvalue weighted by Crippen LogP contribution is 2.26. The molecule has 5 nitrogen and oxygen atoms in total. The van der Waals surface area contributed by atoms with Crippen LogP contribution >= 0.6 is 0 Å². The second kappa shape index (κ2) is 4.45. The molecular weight excluding hydrogens is 254 g/mol. The van der Waals surface area contributed by atoms with E-state index in [0.717, 1.165) is 28.0 Å². The fourth-order valence-electron chi connectivity index (χ4n) is 2.33. The normalized spacial score (nSPS) is 10.9. The topological polar surface area (TPSA) is 61.0 Å². The van der Waals surface area contributed by atoms with Crippen LogP contribution in [0.15, 0.2) is 42.5 Å². The summed E-state index contributed by atoms with van der Waals surface area (Å²) < 4.78 is 1.95. The minimum Gasteiger partial charge on any atom is -0.327 e. The van der Waals surface area contributed by atoms with Crippen LogP contribution in [0.25, 0.3) is 22.4 Å². The first-order chi connectivity index (χ1) is 9.56. The summed E-state index contributed by atoms with van der Waals surface area (Å²) in [5.41, 5.74) is 3.87. The first kappa shape index (κ1) is 12.3.